The van der Waals surface area contributed by atoms with Gasteiger partial charge in [0.1, 0.15) is 20.7 Å². The van der Waals surface area contributed by atoms with E-state index in [2.05, 4.69) is 6.07 Å². The van der Waals surface area contributed by atoms with Gasteiger partial charge < -0.3 is 0 Å². The lowest BCUT2D eigenvalue weighted by Crippen LogP contribution is -2.20. The molecule has 0 fully saturated rings. The van der Waals surface area contributed by atoms with Crippen LogP contribution in [0.3, 0.4) is 0 Å². The minimum Gasteiger partial charge on any atom is -0.218 e. The second-order valence-electron chi connectivity index (χ2n) is 5.34. The van der Waals surface area contributed by atoms with E-state index in [1.54, 1.807) is 36.4 Å². The molecule has 1 heterocycles. The van der Waals surface area contributed by atoms with Crippen LogP contribution in [-0.2, 0) is 20.7 Å². The number of nitrogens with zero attached hydrogens (tertiary/aromatic N) is 1. The Balaban J connectivity index is 2.03. The Bertz CT molecular complexity index is 1030. The third-order valence-corrected chi connectivity index (χ3v) is 8.40. The smallest absolute Gasteiger partial charge is 0.216 e. The minimum atomic E-state index is -3.50. The van der Waals surface area contributed by atoms with Gasteiger partial charge in [-0.2, -0.15) is 5.26 Å². The van der Waals surface area contributed by atoms with Crippen molar-refractivity contribution in [1.82, 2.24) is 0 Å². The molecular weight excluding hydrogens is 338 g/mol. The van der Waals surface area contributed by atoms with Crippen molar-refractivity contribution in [2.75, 3.05) is 0 Å². The molecule has 0 saturated carbocycles. The highest BCUT2D eigenvalue weighted by Crippen LogP contribution is 2.44. The molecule has 0 radical (unpaired) electrons. The first-order chi connectivity index (χ1) is 11.6. The monoisotopic (exact) mass is 350 g/mol. The van der Waals surface area contributed by atoms with Gasteiger partial charge in [0, 0.05) is 0 Å². The summed E-state index contributed by atoms with van der Waals surface area (Å²) in [6.45, 7) is 0. The van der Waals surface area contributed by atoms with Gasteiger partial charge in [-0.3, -0.25) is 0 Å². The largest absolute Gasteiger partial charge is 0.218 e. The lowest BCUT2D eigenvalue weighted by molar-refractivity contribution is 0.590. The van der Waals surface area contributed by atoms with Crippen LogP contribution in [0.2, 0.25) is 0 Å². The highest BCUT2D eigenvalue weighted by Gasteiger charge is 2.44. The number of rotatable bonds is 1. The highest BCUT2D eigenvalue weighted by molar-refractivity contribution is 8.00. The van der Waals surface area contributed by atoms with Crippen molar-refractivity contribution in [2.24, 2.45) is 0 Å². The second-order valence-corrected chi connectivity index (χ2v) is 9.19. The molecule has 4 rings (SSSR count). The Morgan fingerprint density at radius 2 is 1.25 bits per heavy atom. The Hall–Kier alpha value is -2.55. The fourth-order valence-corrected chi connectivity index (χ4v) is 7.54. The number of benzene rings is 3. The molecule has 3 nitrogen and oxygen atoms in total. The first-order valence-electron chi connectivity index (χ1n) is 7.30. The predicted octanol–water partition coefficient (Wildman–Crippen LogP) is 3.80. The maximum atomic E-state index is 12.9. The molecule has 0 aliphatic carbocycles. The van der Waals surface area contributed by atoms with Crippen molar-refractivity contribution in [3.8, 4) is 6.07 Å². The van der Waals surface area contributed by atoms with Crippen molar-refractivity contribution < 1.29 is 8.42 Å². The SMILES string of the molecule is N#Cc1ccc([S+]2c3ccccc3S(=O)(=O)c3ccccc32)cc1. The van der Waals surface area contributed by atoms with E-state index in [0.29, 0.717) is 15.4 Å². The summed E-state index contributed by atoms with van der Waals surface area (Å²) in [5.41, 5.74) is 0.591. The maximum Gasteiger partial charge on any atom is 0.216 e. The Morgan fingerprint density at radius 3 is 1.75 bits per heavy atom. The molecule has 24 heavy (non-hydrogen) atoms. The van der Waals surface area contributed by atoms with E-state index in [1.807, 2.05) is 36.4 Å². The predicted molar refractivity (Wildman–Crippen MR) is 91.7 cm³/mol. The Morgan fingerprint density at radius 1 is 0.750 bits per heavy atom. The van der Waals surface area contributed by atoms with Crippen LogP contribution in [0.5, 0.6) is 0 Å². The normalized spacial score (nSPS) is 15.1. The molecule has 3 aromatic carbocycles. The lowest BCUT2D eigenvalue weighted by Gasteiger charge is -2.19. The number of nitriles is 1. The van der Waals surface area contributed by atoms with E-state index in [1.165, 1.54) is 0 Å². The highest BCUT2D eigenvalue weighted by atomic mass is 32.2. The van der Waals surface area contributed by atoms with Gasteiger partial charge in [0.05, 0.1) is 11.6 Å². The fourth-order valence-electron chi connectivity index (χ4n) is 2.84. The quantitative estimate of drug-likeness (QED) is 0.491. The molecular formula is C19H12NO2S2+. The van der Waals surface area contributed by atoms with Gasteiger partial charge in [-0.1, -0.05) is 24.3 Å². The molecule has 0 amide bonds. The maximum absolute atomic E-state index is 12.9. The van der Waals surface area contributed by atoms with Gasteiger partial charge in [-0.25, -0.2) is 8.42 Å². The molecule has 0 aromatic heterocycles. The summed E-state index contributed by atoms with van der Waals surface area (Å²) in [5, 5.41) is 9.00. The van der Waals surface area contributed by atoms with E-state index in [9.17, 15) is 8.42 Å². The molecule has 0 atom stereocenters. The summed E-state index contributed by atoms with van der Waals surface area (Å²) in [6.07, 6.45) is 0. The zero-order valence-electron chi connectivity index (χ0n) is 12.5. The van der Waals surface area contributed by atoms with Crippen molar-refractivity contribution in [3.63, 3.8) is 0 Å². The van der Waals surface area contributed by atoms with Gasteiger partial charge in [0.15, 0.2) is 14.7 Å². The third-order valence-electron chi connectivity index (χ3n) is 3.94. The molecule has 116 valence electrons. The van der Waals surface area contributed by atoms with Gasteiger partial charge >= 0.3 is 0 Å². The number of hydrogen-bond donors (Lipinski definition) is 0. The summed E-state index contributed by atoms with van der Waals surface area (Å²) in [4.78, 5) is 3.36. The summed E-state index contributed by atoms with van der Waals surface area (Å²) >= 11 is 0. The average molecular weight is 350 g/mol. The van der Waals surface area contributed by atoms with Crippen LogP contribution in [0.25, 0.3) is 0 Å². The molecule has 3 aromatic rings. The standard InChI is InChI=1S/C19H12NO2S2/c20-13-14-9-11-15(12-10-14)23-16-5-1-3-7-18(16)24(21,22)19-8-4-2-6-17(19)23/h1-12H/q+1. The van der Waals surface area contributed by atoms with Gasteiger partial charge in [-0.05, 0) is 48.5 Å². The lowest BCUT2D eigenvalue weighted by atomic mass is 10.2. The van der Waals surface area contributed by atoms with E-state index >= 15 is 0 Å². The van der Waals surface area contributed by atoms with Crippen molar-refractivity contribution in [3.05, 3.63) is 78.4 Å². The van der Waals surface area contributed by atoms with Crippen LogP contribution in [0.1, 0.15) is 5.56 Å². The molecule has 1 aliphatic rings. The minimum absolute atomic E-state index is 0.372. The van der Waals surface area contributed by atoms with Gasteiger partial charge in [0.2, 0.25) is 9.84 Å². The van der Waals surface area contributed by atoms with Gasteiger partial charge in [-0.15, -0.1) is 0 Å². The van der Waals surface area contributed by atoms with Crippen molar-refractivity contribution in [2.45, 2.75) is 24.5 Å². The Labute approximate surface area is 143 Å². The summed E-state index contributed by atoms with van der Waals surface area (Å²) in [6, 6.07) is 23.8. The van der Waals surface area contributed by atoms with Crippen molar-refractivity contribution in [1.29, 1.82) is 5.26 Å². The average Bonchev–Trinajstić information content (AvgIpc) is 2.63. The Kier molecular flexibility index (Phi) is 3.45. The summed E-state index contributed by atoms with van der Waals surface area (Å²) < 4.78 is 25.9. The zero-order chi connectivity index (χ0) is 16.7. The van der Waals surface area contributed by atoms with Crippen LogP contribution in [0.15, 0.2) is 97.3 Å². The number of sulfone groups is 1. The van der Waals surface area contributed by atoms with E-state index < -0.39 is 20.7 Å². The summed E-state index contributed by atoms with van der Waals surface area (Å²) in [5.74, 6) is 0. The van der Waals surface area contributed by atoms with E-state index in [0.717, 1.165) is 14.7 Å². The van der Waals surface area contributed by atoms with Crippen LogP contribution < -0.4 is 0 Å². The van der Waals surface area contributed by atoms with Crippen LogP contribution in [-0.4, -0.2) is 8.42 Å². The first-order valence-corrected chi connectivity index (χ1v) is 10.0. The molecule has 0 bridgehead atoms. The van der Waals surface area contributed by atoms with Gasteiger partial charge in [0.25, 0.3) is 0 Å². The fraction of sp³-hybridized carbons (Fsp3) is 0. The number of fused-ring (bicyclic) bond motifs is 2. The van der Waals surface area contributed by atoms with Crippen LogP contribution in [0.4, 0.5) is 0 Å². The van der Waals surface area contributed by atoms with E-state index in [-0.39, 0.29) is 0 Å². The first kappa shape index (κ1) is 15.0. The second kappa shape index (κ2) is 5.52. The number of hydrogen-bond acceptors (Lipinski definition) is 3. The van der Waals surface area contributed by atoms with Crippen LogP contribution in [0, 0.1) is 11.3 Å². The molecule has 0 N–H and O–H groups in total. The van der Waals surface area contributed by atoms with Crippen LogP contribution >= 0.6 is 0 Å². The molecule has 5 heteroatoms. The molecule has 1 aliphatic heterocycles. The topological polar surface area (TPSA) is 57.9 Å². The zero-order valence-corrected chi connectivity index (χ0v) is 14.1. The van der Waals surface area contributed by atoms with E-state index in [4.69, 9.17) is 5.26 Å². The molecule has 0 spiro atoms. The third kappa shape index (κ3) is 2.15. The molecule has 0 saturated heterocycles. The summed E-state index contributed by atoms with van der Waals surface area (Å²) in [7, 11) is -4.00. The van der Waals surface area contributed by atoms with Crippen molar-refractivity contribution >= 4 is 20.7 Å². The molecule has 0 unspecified atom stereocenters.